The Morgan fingerprint density at radius 3 is 2.14 bits per heavy atom. The minimum Gasteiger partial charge on any atom is -0.352 e. The third kappa shape index (κ3) is 8.25. The number of carbonyl (C=O) groups is 2. The van der Waals surface area contributed by atoms with Crippen molar-refractivity contribution in [1.82, 2.24) is 10.2 Å². The molecule has 4 nitrogen and oxygen atoms in total. The Hall–Kier alpha value is -3.11. The molecular weight excluding hydrogens is 456 g/mol. The number of carbonyl (C=O) groups excluding carboxylic acids is 2. The lowest BCUT2D eigenvalue weighted by molar-refractivity contribution is -0.141. The summed E-state index contributed by atoms with van der Waals surface area (Å²) >= 11 is 6.23. The lowest BCUT2D eigenvalue weighted by Crippen LogP contribution is -2.51. The molecule has 0 aromatic heterocycles. The van der Waals surface area contributed by atoms with Crippen molar-refractivity contribution in [3.8, 4) is 0 Å². The molecule has 0 aliphatic heterocycles. The zero-order valence-electron chi connectivity index (χ0n) is 20.8. The third-order valence-electron chi connectivity index (χ3n) is 6.00. The van der Waals surface area contributed by atoms with Gasteiger partial charge >= 0.3 is 0 Å². The van der Waals surface area contributed by atoms with Crippen LogP contribution in [-0.4, -0.2) is 28.8 Å². The highest BCUT2D eigenvalue weighted by Crippen LogP contribution is 2.19. The molecule has 0 fully saturated rings. The normalized spacial score (nSPS) is 11.8. The number of benzene rings is 3. The molecule has 3 aromatic rings. The number of aryl methyl sites for hydroxylation is 2. The second-order valence-corrected chi connectivity index (χ2v) is 9.63. The molecule has 0 heterocycles. The Balaban J connectivity index is 1.88. The lowest BCUT2D eigenvalue weighted by Gasteiger charge is -2.32. The average Bonchev–Trinajstić information content (AvgIpc) is 2.85. The molecular formula is C30H35ClN2O2. The van der Waals surface area contributed by atoms with Crippen molar-refractivity contribution in [2.45, 2.75) is 65.1 Å². The number of nitrogens with one attached hydrogen (secondary N) is 1. The van der Waals surface area contributed by atoms with Crippen LogP contribution in [0.1, 0.15) is 49.4 Å². The molecule has 2 amide bonds. The van der Waals surface area contributed by atoms with Gasteiger partial charge < -0.3 is 10.2 Å². The molecule has 1 N–H and O–H groups in total. The van der Waals surface area contributed by atoms with Crippen LogP contribution < -0.4 is 5.32 Å². The van der Waals surface area contributed by atoms with Crippen LogP contribution in [0, 0.1) is 0 Å². The van der Waals surface area contributed by atoms with Gasteiger partial charge in [0.05, 0.1) is 0 Å². The minimum absolute atomic E-state index is 0.0269. The molecule has 0 saturated carbocycles. The van der Waals surface area contributed by atoms with E-state index in [-0.39, 0.29) is 17.9 Å². The van der Waals surface area contributed by atoms with Crippen LogP contribution in [0.2, 0.25) is 5.02 Å². The van der Waals surface area contributed by atoms with E-state index in [1.165, 1.54) is 5.56 Å². The van der Waals surface area contributed by atoms with Gasteiger partial charge in [-0.1, -0.05) is 85.3 Å². The first-order valence-electron chi connectivity index (χ1n) is 12.3. The molecule has 184 valence electrons. The van der Waals surface area contributed by atoms with Crippen molar-refractivity contribution >= 4 is 23.4 Å². The number of hydrogen-bond donors (Lipinski definition) is 1. The number of nitrogens with zero attached hydrogens (tertiary/aromatic N) is 1. The fourth-order valence-electron chi connectivity index (χ4n) is 4.10. The maximum absolute atomic E-state index is 13.7. The van der Waals surface area contributed by atoms with Gasteiger partial charge in [0, 0.05) is 30.5 Å². The van der Waals surface area contributed by atoms with E-state index >= 15 is 0 Å². The minimum atomic E-state index is -0.631. The van der Waals surface area contributed by atoms with Gasteiger partial charge in [-0.15, -0.1) is 0 Å². The quantitative estimate of drug-likeness (QED) is 0.358. The van der Waals surface area contributed by atoms with Crippen LogP contribution in [0.4, 0.5) is 0 Å². The number of rotatable bonds is 11. The highest BCUT2D eigenvalue weighted by Gasteiger charge is 2.30. The summed E-state index contributed by atoms with van der Waals surface area (Å²) in [6.07, 6.45) is 2.38. The van der Waals surface area contributed by atoms with Gasteiger partial charge in [-0.2, -0.15) is 0 Å². The van der Waals surface area contributed by atoms with E-state index in [9.17, 15) is 9.59 Å². The van der Waals surface area contributed by atoms with Crippen molar-refractivity contribution in [2.24, 2.45) is 0 Å². The first kappa shape index (κ1) is 26.5. The fraction of sp³-hybridized carbons (Fsp3) is 0.333. The third-order valence-corrected chi connectivity index (χ3v) is 6.24. The number of halogens is 1. The Morgan fingerprint density at radius 2 is 1.51 bits per heavy atom. The van der Waals surface area contributed by atoms with Crippen molar-refractivity contribution in [1.29, 1.82) is 0 Å². The lowest BCUT2D eigenvalue weighted by atomic mass is 10.0. The highest BCUT2D eigenvalue weighted by atomic mass is 35.5. The van der Waals surface area contributed by atoms with Crippen molar-refractivity contribution in [3.63, 3.8) is 0 Å². The van der Waals surface area contributed by atoms with Gasteiger partial charge in [0.1, 0.15) is 6.04 Å². The summed E-state index contributed by atoms with van der Waals surface area (Å²) in [6.45, 7) is 6.31. The SMILES string of the molecule is CCc1ccc(CCC(=O)N(Cc2cccc(Cl)c2)[C@H](Cc2ccccc2)C(=O)NC(C)C)cc1. The van der Waals surface area contributed by atoms with Crippen LogP contribution in [0.15, 0.2) is 78.9 Å². The molecule has 0 unspecified atom stereocenters. The highest BCUT2D eigenvalue weighted by molar-refractivity contribution is 6.30. The van der Waals surface area contributed by atoms with E-state index < -0.39 is 6.04 Å². The largest absolute Gasteiger partial charge is 0.352 e. The van der Waals surface area contributed by atoms with Crippen LogP contribution in [0.3, 0.4) is 0 Å². The Labute approximate surface area is 214 Å². The Kier molecular flexibility index (Phi) is 9.92. The van der Waals surface area contributed by atoms with Gasteiger partial charge in [0.15, 0.2) is 0 Å². The zero-order chi connectivity index (χ0) is 25.2. The second-order valence-electron chi connectivity index (χ2n) is 9.19. The molecule has 0 spiro atoms. The van der Waals surface area contributed by atoms with Gasteiger partial charge in [-0.05, 0) is 61.1 Å². The van der Waals surface area contributed by atoms with Crippen molar-refractivity contribution in [2.75, 3.05) is 0 Å². The maximum Gasteiger partial charge on any atom is 0.243 e. The maximum atomic E-state index is 13.7. The van der Waals surface area contributed by atoms with E-state index in [0.717, 1.165) is 23.1 Å². The monoisotopic (exact) mass is 490 g/mol. The van der Waals surface area contributed by atoms with E-state index in [2.05, 4.69) is 36.5 Å². The summed E-state index contributed by atoms with van der Waals surface area (Å²) in [7, 11) is 0. The molecule has 5 heteroatoms. The standard InChI is InChI=1S/C30H35ClN2O2/c1-4-23-13-15-24(16-14-23)17-18-29(34)33(21-26-11-8-12-27(31)19-26)28(30(35)32-22(2)3)20-25-9-6-5-7-10-25/h5-16,19,22,28H,4,17-18,20-21H2,1-3H3,(H,32,35)/t28-/m1/s1. The first-order valence-corrected chi connectivity index (χ1v) is 12.7. The second kappa shape index (κ2) is 13.1. The van der Waals surface area contributed by atoms with Crippen LogP contribution >= 0.6 is 11.6 Å². The molecule has 0 aliphatic rings. The Bertz CT molecular complexity index is 1100. The molecule has 3 aromatic carbocycles. The summed E-state index contributed by atoms with van der Waals surface area (Å²) < 4.78 is 0. The van der Waals surface area contributed by atoms with Crippen LogP contribution in [-0.2, 0) is 35.4 Å². The Morgan fingerprint density at radius 1 is 0.857 bits per heavy atom. The fourth-order valence-corrected chi connectivity index (χ4v) is 4.32. The van der Waals surface area contributed by atoms with E-state index in [1.807, 2.05) is 68.4 Å². The molecule has 3 rings (SSSR count). The molecule has 0 bridgehead atoms. The summed E-state index contributed by atoms with van der Waals surface area (Å²) in [4.78, 5) is 28.8. The predicted molar refractivity (Wildman–Crippen MR) is 143 cm³/mol. The zero-order valence-corrected chi connectivity index (χ0v) is 21.6. The molecule has 0 saturated heterocycles. The number of hydrogen-bond acceptors (Lipinski definition) is 2. The molecule has 1 atom stereocenters. The van der Waals surface area contributed by atoms with E-state index in [1.54, 1.807) is 4.90 Å². The van der Waals surface area contributed by atoms with Crippen LogP contribution in [0.5, 0.6) is 0 Å². The summed E-state index contributed by atoms with van der Waals surface area (Å²) in [5.41, 5.74) is 4.30. The number of amides is 2. The van der Waals surface area contributed by atoms with Gasteiger partial charge in [0.25, 0.3) is 0 Å². The molecule has 0 radical (unpaired) electrons. The van der Waals surface area contributed by atoms with Crippen molar-refractivity contribution in [3.05, 3.63) is 106 Å². The van der Waals surface area contributed by atoms with E-state index in [4.69, 9.17) is 11.6 Å². The van der Waals surface area contributed by atoms with Gasteiger partial charge in [-0.3, -0.25) is 9.59 Å². The smallest absolute Gasteiger partial charge is 0.243 e. The van der Waals surface area contributed by atoms with Crippen LogP contribution in [0.25, 0.3) is 0 Å². The van der Waals surface area contributed by atoms with Gasteiger partial charge in [0.2, 0.25) is 11.8 Å². The van der Waals surface area contributed by atoms with Gasteiger partial charge in [-0.25, -0.2) is 0 Å². The summed E-state index contributed by atoms with van der Waals surface area (Å²) in [5.74, 6) is -0.198. The first-order chi connectivity index (χ1) is 16.9. The molecule has 35 heavy (non-hydrogen) atoms. The average molecular weight is 491 g/mol. The topological polar surface area (TPSA) is 49.4 Å². The molecule has 0 aliphatic carbocycles. The van der Waals surface area contributed by atoms with E-state index in [0.29, 0.717) is 30.8 Å². The summed E-state index contributed by atoms with van der Waals surface area (Å²) in [6, 6.07) is 25.0. The predicted octanol–water partition coefficient (Wildman–Crippen LogP) is 6.00. The van der Waals surface area contributed by atoms with Crippen molar-refractivity contribution < 1.29 is 9.59 Å². The summed E-state index contributed by atoms with van der Waals surface area (Å²) in [5, 5.41) is 3.63.